The second kappa shape index (κ2) is 7.82. The van der Waals surface area contributed by atoms with Gasteiger partial charge in [-0.2, -0.15) is 0 Å². The monoisotopic (exact) mass is 416 g/mol. The molecule has 5 heteroatoms. The van der Waals surface area contributed by atoms with Crippen LogP contribution < -0.4 is 4.90 Å². The molecule has 1 atom stereocenters. The lowest BCUT2D eigenvalue weighted by Crippen LogP contribution is -2.37. The Labute approximate surface area is 180 Å². The van der Waals surface area contributed by atoms with Crippen LogP contribution in [0.25, 0.3) is 21.0 Å². The first-order valence-electron chi connectivity index (χ1n) is 10.4. The third kappa shape index (κ3) is 3.48. The molecule has 1 amide bonds. The van der Waals surface area contributed by atoms with Gasteiger partial charge in [-0.1, -0.05) is 53.8 Å². The van der Waals surface area contributed by atoms with E-state index in [4.69, 9.17) is 9.72 Å². The number of aryl methyl sites for hydroxylation is 2. The van der Waals surface area contributed by atoms with E-state index in [1.165, 1.54) is 5.56 Å². The minimum absolute atomic E-state index is 0.0178. The highest BCUT2D eigenvalue weighted by molar-refractivity contribution is 7.22. The predicted molar refractivity (Wildman–Crippen MR) is 124 cm³/mol. The van der Waals surface area contributed by atoms with Crippen LogP contribution in [0, 0.1) is 13.8 Å². The summed E-state index contributed by atoms with van der Waals surface area (Å²) < 4.78 is 6.99. The molecule has 3 aromatic carbocycles. The largest absolute Gasteiger partial charge is 0.376 e. The molecule has 30 heavy (non-hydrogen) atoms. The lowest BCUT2D eigenvalue weighted by molar-refractivity contribution is 0.0919. The van der Waals surface area contributed by atoms with Crippen LogP contribution in [0.3, 0.4) is 0 Å². The molecule has 0 N–H and O–H groups in total. The van der Waals surface area contributed by atoms with Crippen LogP contribution >= 0.6 is 11.3 Å². The van der Waals surface area contributed by atoms with Gasteiger partial charge in [0.2, 0.25) is 0 Å². The molecule has 2 heterocycles. The third-order valence-corrected chi connectivity index (χ3v) is 6.75. The van der Waals surface area contributed by atoms with Crippen molar-refractivity contribution in [1.82, 2.24) is 4.98 Å². The molecule has 4 nitrogen and oxygen atoms in total. The van der Waals surface area contributed by atoms with Crippen LogP contribution in [0.1, 0.15) is 34.3 Å². The molecule has 1 saturated heterocycles. The molecule has 152 valence electrons. The van der Waals surface area contributed by atoms with Gasteiger partial charge in [-0.3, -0.25) is 9.69 Å². The van der Waals surface area contributed by atoms with Crippen LogP contribution in [0.15, 0.2) is 54.6 Å². The Hall–Kier alpha value is -2.76. The van der Waals surface area contributed by atoms with Crippen LogP contribution in [-0.4, -0.2) is 30.1 Å². The summed E-state index contributed by atoms with van der Waals surface area (Å²) >= 11 is 1.58. The Morgan fingerprint density at radius 3 is 2.83 bits per heavy atom. The number of amides is 1. The summed E-state index contributed by atoms with van der Waals surface area (Å²) in [5.41, 5.74) is 4.03. The van der Waals surface area contributed by atoms with E-state index in [0.717, 1.165) is 51.1 Å². The van der Waals surface area contributed by atoms with Gasteiger partial charge in [-0.05, 0) is 60.7 Å². The van der Waals surface area contributed by atoms with Gasteiger partial charge in [0.25, 0.3) is 5.91 Å². The first kappa shape index (κ1) is 19.2. The summed E-state index contributed by atoms with van der Waals surface area (Å²) in [6, 6.07) is 18.2. The fourth-order valence-corrected chi connectivity index (χ4v) is 5.42. The first-order valence-corrected chi connectivity index (χ1v) is 11.2. The number of rotatable bonds is 4. The lowest BCUT2D eigenvalue weighted by atomic mass is 10.0. The zero-order valence-electron chi connectivity index (χ0n) is 17.2. The van der Waals surface area contributed by atoms with Gasteiger partial charge in [0.1, 0.15) is 0 Å². The number of ether oxygens (including phenoxy) is 1. The lowest BCUT2D eigenvalue weighted by Gasteiger charge is -2.23. The number of fused-ring (bicyclic) bond motifs is 2. The molecule has 1 unspecified atom stereocenters. The van der Waals surface area contributed by atoms with E-state index in [1.54, 1.807) is 11.3 Å². The topological polar surface area (TPSA) is 42.4 Å². The Morgan fingerprint density at radius 1 is 1.17 bits per heavy atom. The van der Waals surface area contributed by atoms with E-state index < -0.39 is 0 Å². The van der Waals surface area contributed by atoms with Crippen molar-refractivity contribution in [1.29, 1.82) is 0 Å². The zero-order valence-corrected chi connectivity index (χ0v) is 18.0. The van der Waals surface area contributed by atoms with E-state index in [2.05, 4.69) is 26.0 Å². The number of nitrogens with zero attached hydrogens (tertiary/aromatic N) is 2. The zero-order chi connectivity index (χ0) is 20.7. The molecule has 4 aromatic rings. The fourth-order valence-electron chi connectivity index (χ4n) is 4.27. The number of hydrogen-bond acceptors (Lipinski definition) is 4. The summed E-state index contributed by atoms with van der Waals surface area (Å²) in [6.45, 7) is 5.46. The van der Waals surface area contributed by atoms with Crippen LogP contribution in [0.5, 0.6) is 0 Å². The summed E-state index contributed by atoms with van der Waals surface area (Å²) in [5.74, 6) is -0.0178. The van der Waals surface area contributed by atoms with Crippen molar-refractivity contribution in [3.05, 3.63) is 71.3 Å². The van der Waals surface area contributed by atoms with Crippen molar-refractivity contribution in [3.8, 4) is 0 Å². The molecule has 1 aliphatic heterocycles. The van der Waals surface area contributed by atoms with E-state index in [9.17, 15) is 4.79 Å². The Bertz CT molecular complexity index is 1240. The van der Waals surface area contributed by atoms with Crippen molar-refractivity contribution < 1.29 is 9.53 Å². The molecule has 1 fully saturated rings. The van der Waals surface area contributed by atoms with E-state index in [0.29, 0.717) is 12.1 Å². The standard InChI is InChI=1S/C25H24N2O2S/c1-16-13-17(2)23-22(14-16)30-25(26-23)27(15-19-9-6-12-29-19)24(28)21-11-5-8-18-7-3-4-10-20(18)21/h3-5,7-8,10-11,13-14,19H,6,9,12,15H2,1-2H3. The average Bonchev–Trinajstić information content (AvgIpc) is 3.41. The number of carbonyl (C=O) groups is 1. The van der Waals surface area contributed by atoms with E-state index in [-0.39, 0.29) is 12.0 Å². The van der Waals surface area contributed by atoms with Crippen molar-refractivity contribution in [2.45, 2.75) is 32.8 Å². The summed E-state index contributed by atoms with van der Waals surface area (Å²) in [4.78, 5) is 20.5. The van der Waals surface area contributed by atoms with Crippen LogP contribution in [-0.2, 0) is 4.74 Å². The SMILES string of the molecule is Cc1cc(C)c2nc(N(CC3CCCO3)C(=O)c3cccc4ccccc34)sc2c1. The van der Waals surface area contributed by atoms with Gasteiger partial charge in [0.15, 0.2) is 5.13 Å². The van der Waals surface area contributed by atoms with Gasteiger partial charge in [0, 0.05) is 12.2 Å². The summed E-state index contributed by atoms with van der Waals surface area (Å²) in [6.07, 6.45) is 2.07. The van der Waals surface area contributed by atoms with Crippen molar-refractivity contribution in [2.75, 3.05) is 18.1 Å². The average molecular weight is 417 g/mol. The minimum Gasteiger partial charge on any atom is -0.376 e. The summed E-state index contributed by atoms with van der Waals surface area (Å²) in [7, 11) is 0. The Kier molecular flexibility index (Phi) is 5.01. The van der Waals surface area contributed by atoms with Gasteiger partial charge in [-0.15, -0.1) is 0 Å². The molecule has 0 aliphatic carbocycles. The molecule has 0 bridgehead atoms. The molecular weight excluding hydrogens is 392 g/mol. The number of benzene rings is 3. The predicted octanol–water partition coefficient (Wildman–Crippen LogP) is 5.89. The highest BCUT2D eigenvalue weighted by atomic mass is 32.1. The van der Waals surface area contributed by atoms with Crippen molar-refractivity contribution in [2.24, 2.45) is 0 Å². The molecule has 5 rings (SSSR count). The van der Waals surface area contributed by atoms with Crippen LogP contribution in [0.2, 0.25) is 0 Å². The maximum atomic E-state index is 13.8. The quantitative estimate of drug-likeness (QED) is 0.416. The number of thiazole rings is 1. The highest BCUT2D eigenvalue weighted by Gasteiger charge is 2.28. The van der Waals surface area contributed by atoms with Crippen molar-refractivity contribution >= 4 is 43.4 Å². The molecule has 0 saturated carbocycles. The van der Waals surface area contributed by atoms with E-state index in [1.807, 2.05) is 47.4 Å². The Balaban J connectivity index is 1.61. The normalized spacial score (nSPS) is 16.4. The molecule has 1 aromatic heterocycles. The fraction of sp³-hybridized carbons (Fsp3) is 0.280. The molecule has 1 aliphatic rings. The summed E-state index contributed by atoms with van der Waals surface area (Å²) in [5, 5.41) is 2.78. The van der Waals surface area contributed by atoms with Crippen LogP contribution in [0.4, 0.5) is 5.13 Å². The Morgan fingerprint density at radius 2 is 2.00 bits per heavy atom. The maximum absolute atomic E-state index is 13.8. The first-order chi connectivity index (χ1) is 14.6. The van der Waals surface area contributed by atoms with Crippen molar-refractivity contribution in [3.63, 3.8) is 0 Å². The van der Waals surface area contributed by atoms with Gasteiger partial charge < -0.3 is 4.74 Å². The number of anilines is 1. The molecular formula is C25H24N2O2S. The van der Waals surface area contributed by atoms with Gasteiger partial charge in [-0.25, -0.2) is 4.98 Å². The highest BCUT2D eigenvalue weighted by Crippen LogP contribution is 2.34. The number of carbonyl (C=O) groups excluding carboxylic acids is 1. The number of hydrogen-bond donors (Lipinski definition) is 0. The number of aromatic nitrogens is 1. The van der Waals surface area contributed by atoms with Gasteiger partial charge >= 0.3 is 0 Å². The molecule has 0 spiro atoms. The second-order valence-electron chi connectivity index (χ2n) is 8.00. The smallest absolute Gasteiger partial charge is 0.260 e. The maximum Gasteiger partial charge on any atom is 0.260 e. The third-order valence-electron chi connectivity index (χ3n) is 5.72. The molecule has 0 radical (unpaired) electrons. The minimum atomic E-state index is -0.0178. The van der Waals surface area contributed by atoms with E-state index >= 15 is 0 Å². The second-order valence-corrected chi connectivity index (χ2v) is 9.01. The van der Waals surface area contributed by atoms with Gasteiger partial charge in [0.05, 0.1) is 22.9 Å².